The van der Waals surface area contributed by atoms with Crippen molar-refractivity contribution in [3.05, 3.63) is 29.8 Å². The highest BCUT2D eigenvalue weighted by molar-refractivity contribution is 5.38. The van der Waals surface area contributed by atoms with Gasteiger partial charge >= 0.3 is 0 Å². The van der Waals surface area contributed by atoms with Crippen molar-refractivity contribution in [2.45, 2.75) is 51.8 Å². The summed E-state index contributed by atoms with van der Waals surface area (Å²) in [6.07, 6.45) is 1.00. The number of hydrogen-bond acceptors (Lipinski definition) is 3. The molecule has 0 aliphatic carbocycles. The van der Waals surface area contributed by atoms with Crippen molar-refractivity contribution in [3.8, 4) is 5.75 Å². The maximum Gasteiger partial charge on any atom is 0.124 e. The number of benzene rings is 1. The van der Waals surface area contributed by atoms with Crippen LogP contribution in [0, 0.1) is 5.92 Å². The number of fused-ring (bicyclic) bond motifs is 1. The molecule has 0 amide bonds. The van der Waals surface area contributed by atoms with E-state index in [0.717, 1.165) is 18.7 Å². The summed E-state index contributed by atoms with van der Waals surface area (Å²) in [4.78, 5) is 2.31. The molecule has 0 aromatic heterocycles. The number of nitrogens with zero attached hydrogens (tertiary/aromatic N) is 1. The van der Waals surface area contributed by atoms with Crippen LogP contribution in [0.2, 0.25) is 0 Å². The molecule has 1 aromatic rings. The lowest BCUT2D eigenvalue weighted by molar-refractivity contribution is 0.0638. The lowest BCUT2D eigenvalue weighted by Gasteiger charge is -2.39. The molecule has 1 aliphatic rings. The van der Waals surface area contributed by atoms with Gasteiger partial charge in [0.1, 0.15) is 11.4 Å². The molecule has 3 nitrogen and oxygen atoms in total. The molecule has 21 heavy (non-hydrogen) atoms. The van der Waals surface area contributed by atoms with Gasteiger partial charge in [0.2, 0.25) is 0 Å². The van der Waals surface area contributed by atoms with E-state index in [-0.39, 0.29) is 5.60 Å². The van der Waals surface area contributed by atoms with Crippen molar-refractivity contribution in [1.82, 2.24) is 10.2 Å². The lowest BCUT2D eigenvalue weighted by atomic mass is 9.89. The molecule has 0 fully saturated rings. The van der Waals surface area contributed by atoms with Crippen LogP contribution in [0.5, 0.6) is 5.75 Å². The molecular weight excluding hydrogens is 260 g/mol. The third kappa shape index (κ3) is 3.98. The van der Waals surface area contributed by atoms with Crippen LogP contribution in [0.25, 0.3) is 0 Å². The van der Waals surface area contributed by atoms with Gasteiger partial charge in [-0.25, -0.2) is 0 Å². The molecule has 2 atom stereocenters. The fraction of sp³-hybridized carbons (Fsp3) is 0.667. The second kappa shape index (κ2) is 6.37. The molecule has 1 N–H and O–H groups in total. The van der Waals surface area contributed by atoms with Gasteiger partial charge in [-0.05, 0) is 39.9 Å². The Bertz CT molecular complexity index is 460. The summed E-state index contributed by atoms with van der Waals surface area (Å²) in [5.41, 5.74) is 1.18. The highest BCUT2D eigenvalue weighted by Crippen LogP contribution is 2.39. The average Bonchev–Trinajstić information content (AvgIpc) is 2.36. The van der Waals surface area contributed by atoms with E-state index >= 15 is 0 Å². The van der Waals surface area contributed by atoms with Gasteiger partial charge < -0.3 is 15.0 Å². The Labute approximate surface area is 129 Å². The number of likely N-dealkylation sites (N-methyl/N-ethyl adjacent to an activating group) is 1. The van der Waals surface area contributed by atoms with Gasteiger partial charge in [0, 0.05) is 30.6 Å². The summed E-state index contributed by atoms with van der Waals surface area (Å²) in [6.45, 7) is 9.91. The van der Waals surface area contributed by atoms with E-state index < -0.39 is 0 Å². The SMILES string of the molecule is CC(C)C(CNC1CC(C)(C)Oc2ccccc21)N(C)C. The van der Waals surface area contributed by atoms with Crippen molar-refractivity contribution < 1.29 is 4.74 Å². The van der Waals surface area contributed by atoms with E-state index in [1.54, 1.807) is 0 Å². The van der Waals surface area contributed by atoms with E-state index in [0.29, 0.717) is 18.0 Å². The molecule has 3 heteroatoms. The van der Waals surface area contributed by atoms with Crippen LogP contribution >= 0.6 is 0 Å². The molecule has 0 saturated heterocycles. The molecule has 2 rings (SSSR count). The molecule has 1 heterocycles. The van der Waals surface area contributed by atoms with Crippen molar-refractivity contribution in [1.29, 1.82) is 0 Å². The Kier molecular flexibility index (Phi) is 4.95. The van der Waals surface area contributed by atoms with E-state index in [1.807, 2.05) is 6.07 Å². The summed E-state index contributed by atoms with van der Waals surface area (Å²) in [7, 11) is 4.32. The van der Waals surface area contributed by atoms with E-state index in [1.165, 1.54) is 5.56 Å². The summed E-state index contributed by atoms with van der Waals surface area (Å²) in [6, 6.07) is 9.32. The normalized spacial score (nSPS) is 22.0. The second-order valence-electron chi connectivity index (χ2n) is 7.34. The van der Waals surface area contributed by atoms with Gasteiger partial charge in [-0.1, -0.05) is 32.0 Å². The topological polar surface area (TPSA) is 24.5 Å². The Hall–Kier alpha value is -1.06. The first-order chi connectivity index (χ1) is 9.80. The van der Waals surface area contributed by atoms with Gasteiger partial charge in [0.15, 0.2) is 0 Å². The Morgan fingerprint density at radius 1 is 1.29 bits per heavy atom. The van der Waals surface area contributed by atoms with Crippen molar-refractivity contribution in [2.24, 2.45) is 5.92 Å². The zero-order valence-corrected chi connectivity index (χ0v) is 14.3. The third-order valence-electron chi connectivity index (χ3n) is 4.38. The first-order valence-electron chi connectivity index (χ1n) is 7.98. The van der Waals surface area contributed by atoms with Crippen LogP contribution < -0.4 is 10.1 Å². The minimum Gasteiger partial charge on any atom is -0.487 e. The maximum atomic E-state index is 6.10. The van der Waals surface area contributed by atoms with E-state index in [9.17, 15) is 0 Å². The quantitative estimate of drug-likeness (QED) is 0.898. The molecule has 0 bridgehead atoms. The second-order valence-corrected chi connectivity index (χ2v) is 7.34. The predicted octanol–water partition coefficient (Wildman–Crippen LogP) is 3.46. The fourth-order valence-corrected chi connectivity index (χ4v) is 3.26. The Morgan fingerprint density at radius 3 is 2.57 bits per heavy atom. The average molecular weight is 290 g/mol. The lowest BCUT2D eigenvalue weighted by Crippen LogP contribution is -2.45. The molecule has 118 valence electrons. The highest BCUT2D eigenvalue weighted by Gasteiger charge is 2.33. The minimum atomic E-state index is -0.114. The Morgan fingerprint density at radius 2 is 1.95 bits per heavy atom. The molecule has 0 spiro atoms. The highest BCUT2D eigenvalue weighted by atomic mass is 16.5. The number of para-hydroxylation sites is 1. The van der Waals surface area contributed by atoms with E-state index in [4.69, 9.17) is 4.74 Å². The standard InChI is InChI=1S/C18H30N2O/c1-13(2)16(20(5)6)12-19-15-11-18(3,4)21-17-10-8-7-9-14(15)17/h7-10,13,15-16,19H,11-12H2,1-6H3. The van der Waals surface area contributed by atoms with Crippen LogP contribution in [0.15, 0.2) is 24.3 Å². The van der Waals surface area contributed by atoms with Crippen molar-refractivity contribution in [2.75, 3.05) is 20.6 Å². The maximum absolute atomic E-state index is 6.10. The number of hydrogen-bond donors (Lipinski definition) is 1. The summed E-state index contributed by atoms with van der Waals surface area (Å²) < 4.78 is 6.10. The fourth-order valence-electron chi connectivity index (χ4n) is 3.26. The monoisotopic (exact) mass is 290 g/mol. The summed E-state index contributed by atoms with van der Waals surface area (Å²) >= 11 is 0. The number of ether oxygens (including phenoxy) is 1. The third-order valence-corrected chi connectivity index (χ3v) is 4.38. The molecule has 0 radical (unpaired) electrons. The van der Waals surface area contributed by atoms with Gasteiger partial charge in [-0.15, -0.1) is 0 Å². The van der Waals surface area contributed by atoms with Gasteiger partial charge in [-0.2, -0.15) is 0 Å². The molecule has 2 unspecified atom stereocenters. The van der Waals surface area contributed by atoms with Gasteiger partial charge in [-0.3, -0.25) is 0 Å². The largest absolute Gasteiger partial charge is 0.487 e. The smallest absolute Gasteiger partial charge is 0.124 e. The van der Waals surface area contributed by atoms with Crippen LogP contribution in [0.4, 0.5) is 0 Å². The van der Waals surface area contributed by atoms with Crippen LogP contribution in [-0.4, -0.2) is 37.2 Å². The molecule has 0 saturated carbocycles. The van der Waals surface area contributed by atoms with Crippen LogP contribution in [-0.2, 0) is 0 Å². The summed E-state index contributed by atoms with van der Waals surface area (Å²) in [5, 5.41) is 3.77. The van der Waals surface area contributed by atoms with Crippen LogP contribution in [0.1, 0.15) is 45.7 Å². The molecule has 1 aromatic carbocycles. The molecule has 1 aliphatic heterocycles. The number of nitrogens with one attached hydrogen (secondary N) is 1. The first-order valence-corrected chi connectivity index (χ1v) is 7.98. The summed E-state index contributed by atoms with van der Waals surface area (Å²) in [5.74, 6) is 1.66. The van der Waals surface area contributed by atoms with Gasteiger partial charge in [0.25, 0.3) is 0 Å². The predicted molar refractivity (Wildman–Crippen MR) is 88.8 cm³/mol. The number of rotatable bonds is 5. The zero-order valence-electron chi connectivity index (χ0n) is 14.3. The Balaban J connectivity index is 2.12. The zero-order chi connectivity index (χ0) is 15.6. The van der Waals surface area contributed by atoms with Crippen molar-refractivity contribution >= 4 is 0 Å². The first kappa shape index (κ1) is 16.3. The van der Waals surface area contributed by atoms with Gasteiger partial charge in [0.05, 0.1) is 0 Å². The minimum absolute atomic E-state index is 0.114. The van der Waals surface area contributed by atoms with Crippen LogP contribution in [0.3, 0.4) is 0 Å². The van der Waals surface area contributed by atoms with Crippen molar-refractivity contribution in [3.63, 3.8) is 0 Å². The van der Waals surface area contributed by atoms with E-state index in [2.05, 4.69) is 70.2 Å². The molecular formula is C18H30N2O.